The molecule has 12 heavy (non-hydrogen) atoms. The van der Waals surface area contributed by atoms with Crippen LogP contribution in [0, 0.1) is 5.41 Å². The fourth-order valence-electron chi connectivity index (χ4n) is 2.16. The summed E-state index contributed by atoms with van der Waals surface area (Å²) in [4.78, 5) is 11.4. The number of nitrogens with one attached hydrogen (secondary N) is 2. The van der Waals surface area contributed by atoms with E-state index in [1.54, 1.807) is 0 Å². The van der Waals surface area contributed by atoms with Gasteiger partial charge in [-0.3, -0.25) is 4.79 Å². The predicted octanol–water partition coefficient (Wildman–Crippen LogP) is -1.15. The molecule has 68 valence electrons. The van der Waals surface area contributed by atoms with Gasteiger partial charge in [-0.2, -0.15) is 0 Å². The summed E-state index contributed by atoms with van der Waals surface area (Å²) in [5.41, 5.74) is -0.201. The van der Waals surface area contributed by atoms with E-state index in [1.165, 1.54) is 0 Å². The van der Waals surface area contributed by atoms with Gasteiger partial charge in [0.2, 0.25) is 5.91 Å². The van der Waals surface area contributed by atoms with Crippen LogP contribution in [0.3, 0.4) is 0 Å². The maximum Gasteiger partial charge on any atom is 0.227 e. The molecule has 4 heteroatoms. The van der Waals surface area contributed by atoms with Crippen molar-refractivity contribution >= 4 is 5.91 Å². The lowest BCUT2D eigenvalue weighted by Crippen LogP contribution is -2.32. The first kappa shape index (κ1) is 8.01. The third kappa shape index (κ3) is 1.03. The maximum absolute atomic E-state index is 11.4. The molecule has 0 aromatic heterocycles. The highest BCUT2D eigenvalue weighted by molar-refractivity contribution is 5.85. The normalized spacial score (nSPS) is 40.8. The number of carbonyl (C=O) groups excluding carboxylic acids is 1. The molecule has 0 saturated carbocycles. The molecule has 2 saturated heterocycles. The molecular weight excluding hydrogens is 156 g/mol. The third-order valence-electron chi connectivity index (χ3n) is 2.96. The number of hydrogen-bond acceptors (Lipinski definition) is 3. The summed E-state index contributed by atoms with van der Waals surface area (Å²) < 4.78 is 0. The first-order valence-corrected chi connectivity index (χ1v) is 4.39. The predicted molar refractivity (Wildman–Crippen MR) is 43.6 cm³/mol. The van der Waals surface area contributed by atoms with Crippen LogP contribution in [0.5, 0.6) is 0 Å². The average Bonchev–Trinajstić information content (AvgIpc) is 2.63. The number of rotatable bonds is 1. The van der Waals surface area contributed by atoms with Gasteiger partial charge in [-0.1, -0.05) is 0 Å². The van der Waals surface area contributed by atoms with Gasteiger partial charge in [-0.05, 0) is 12.8 Å². The number of hydrogen-bond donors (Lipinski definition) is 3. The van der Waals surface area contributed by atoms with Crippen LogP contribution < -0.4 is 10.6 Å². The highest BCUT2D eigenvalue weighted by atomic mass is 16.3. The molecule has 2 unspecified atom stereocenters. The van der Waals surface area contributed by atoms with E-state index in [9.17, 15) is 4.79 Å². The first-order chi connectivity index (χ1) is 5.77. The zero-order chi connectivity index (χ0) is 8.60. The summed E-state index contributed by atoms with van der Waals surface area (Å²) in [5, 5.41) is 14.9. The van der Waals surface area contributed by atoms with Crippen molar-refractivity contribution in [1.82, 2.24) is 10.6 Å². The molecule has 2 heterocycles. The Bertz CT molecular complexity index is 207. The zero-order valence-corrected chi connectivity index (χ0v) is 6.97. The van der Waals surface area contributed by atoms with Crippen LogP contribution in [0.2, 0.25) is 0 Å². The molecule has 1 spiro atoms. The lowest BCUT2D eigenvalue weighted by Gasteiger charge is -2.17. The Hall–Kier alpha value is -0.610. The second kappa shape index (κ2) is 2.71. The quantitative estimate of drug-likeness (QED) is 0.465. The van der Waals surface area contributed by atoms with Gasteiger partial charge in [-0.15, -0.1) is 0 Å². The molecule has 0 radical (unpaired) electrons. The highest BCUT2D eigenvalue weighted by Crippen LogP contribution is 2.35. The van der Waals surface area contributed by atoms with E-state index in [0.29, 0.717) is 0 Å². The molecule has 0 aromatic carbocycles. The molecule has 2 atom stereocenters. The molecule has 2 aliphatic rings. The van der Waals surface area contributed by atoms with E-state index in [4.69, 9.17) is 5.11 Å². The summed E-state index contributed by atoms with van der Waals surface area (Å²) in [6.45, 7) is 1.65. The smallest absolute Gasteiger partial charge is 0.227 e. The summed E-state index contributed by atoms with van der Waals surface area (Å²) in [6, 6.07) is 0.119. The van der Waals surface area contributed by atoms with Gasteiger partial charge >= 0.3 is 0 Å². The van der Waals surface area contributed by atoms with Crippen molar-refractivity contribution in [3.8, 4) is 0 Å². The molecule has 0 aliphatic carbocycles. The van der Waals surface area contributed by atoms with Crippen molar-refractivity contribution in [3.63, 3.8) is 0 Å². The molecule has 2 fully saturated rings. The molecule has 0 aromatic rings. The number of amides is 1. The van der Waals surface area contributed by atoms with Gasteiger partial charge in [0.05, 0.1) is 12.0 Å². The lowest BCUT2D eigenvalue weighted by molar-refractivity contribution is -0.126. The van der Waals surface area contributed by atoms with Gasteiger partial charge in [0.15, 0.2) is 0 Å². The van der Waals surface area contributed by atoms with Crippen LogP contribution in [0.4, 0.5) is 0 Å². The van der Waals surface area contributed by atoms with Crippen LogP contribution in [-0.2, 0) is 4.79 Å². The second-order valence-electron chi connectivity index (χ2n) is 3.75. The minimum atomic E-state index is -0.201. The molecule has 0 bridgehead atoms. The minimum absolute atomic E-state index is 0.119. The van der Waals surface area contributed by atoms with Crippen molar-refractivity contribution in [1.29, 1.82) is 0 Å². The van der Waals surface area contributed by atoms with Crippen LogP contribution >= 0.6 is 0 Å². The monoisotopic (exact) mass is 170 g/mol. The van der Waals surface area contributed by atoms with Gasteiger partial charge in [0.1, 0.15) is 0 Å². The van der Waals surface area contributed by atoms with Gasteiger partial charge in [-0.25, -0.2) is 0 Å². The fraction of sp³-hybridized carbons (Fsp3) is 0.875. The molecule has 2 rings (SSSR count). The third-order valence-corrected chi connectivity index (χ3v) is 2.96. The van der Waals surface area contributed by atoms with Crippen LogP contribution in [-0.4, -0.2) is 36.8 Å². The standard InChI is InChI=1S/C8H14N2O2/c11-4-6-3-8(5-10-6)1-2-9-7(8)12/h6,10-11H,1-5H2,(H,9,12). The Balaban J connectivity index is 2.08. The molecule has 2 aliphatic heterocycles. The summed E-state index contributed by atoms with van der Waals surface area (Å²) in [7, 11) is 0. The fourth-order valence-corrected chi connectivity index (χ4v) is 2.16. The molecular formula is C8H14N2O2. The Morgan fingerprint density at radius 1 is 1.67 bits per heavy atom. The summed E-state index contributed by atoms with van der Waals surface area (Å²) in [5.74, 6) is 0.158. The lowest BCUT2D eigenvalue weighted by atomic mass is 9.84. The Morgan fingerprint density at radius 3 is 3.00 bits per heavy atom. The Kier molecular flexibility index (Phi) is 1.81. The van der Waals surface area contributed by atoms with E-state index in [2.05, 4.69) is 10.6 Å². The summed E-state index contributed by atoms with van der Waals surface area (Å²) in [6.07, 6.45) is 1.70. The number of aliphatic hydroxyl groups excluding tert-OH is 1. The largest absolute Gasteiger partial charge is 0.395 e. The maximum atomic E-state index is 11.4. The van der Waals surface area contributed by atoms with E-state index < -0.39 is 0 Å². The van der Waals surface area contributed by atoms with Crippen molar-refractivity contribution in [2.24, 2.45) is 5.41 Å². The zero-order valence-electron chi connectivity index (χ0n) is 6.97. The van der Waals surface area contributed by atoms with Crippen LogP contribution in [0.1, 0.15) is 12.8 Å². The minimum Gasteiger partial charge on any atom is -0.395 e. The Morgan fingerprint density at radius 2 is 2.50 bits per heavy atom. The van der Waals surface area contributed by atoms with Crippen molar-refractivity contribution in [3.05, 3.63) is 0 Å². The number of carbonyl (C=O) groups is 1. The highest BCUT2D eigenvalue weighted by Gasteiger charge is 2.47. The van der Waals surface area contributed by atoms with Gasteiger partial charge in [0.25, 0.3) is 0 Å². The van der Waals surface area contributed by atoms with E-state index in [0.717, 1.165) is 25.9 Å². The van der Waals surface area contributed by atoms with Crippen LogP contribution in [0.15, 0.2) is 0 Å². The van der Waals surface area contributed by atoms with Crippen molar-refractivity contribution in [2.45, 2.75) is 18.9 Å². The first-order valence-electron chi connectivity index (χ1n) is 4.39. The SMILES string of the molecule is O=C1NCCC12CNC(CO)C2. The average molecular weight is 170 g/mol. The molecule has 4 nitrogen and oxygen atoms in total. The van der Waals surface area contributed by atoms with E-state index in [-0.39, 0.29) is 24.0 Å². The van der Waals surface area contributed by atoms with E-state index in [1.807, 2.05) is 0 Å². The van der Waals surface area contributed by atoms with Crippen molar-refractivity contribution in [2.75, 3.05) is 19.7 Å². The Labute approximate surface area is 71.3 Å². The molecule has 1 amide bonds. The van der Waals surface area contributed by atoms with Crippen LogP contribution in [0.25, 0.3) is 0 Å². The van der Waals surface area contributed by atoms with Gasteiger partial charge < -0.3 is 15.7 Å². The molecule has 3 N–H and O–H groups in total. The second-order valence-corrected chi connectivity index (χ2v) is 3.75. The number of aliphatic hydroxyl groups is 1. The summed E-state index contributed by atoms with van der Waals surface area (Å²) >= 11 is 0. The van der Waals surface area contributed by atoms with Crippen molar-refractivity contribution < 1.29 is 9.90 Å². The van der Waals surface area contributed by atoms with E-state index >= 15 is 0 Å². The van der Waals surface area contributed by atoms with Gasteiger partial charge in [0, 0.05) is 19.1 Å². The topological polar surface area (TPSA) is 61.4 Å².